The van der Waals surface area contributed by atoms with Gasteiger partial charge in [0.1, 0.15) is 5.56 Å². The number of nitrogens with one attached hydrogen (secondary N) is 2. The van der Waals surface area contributed by atoms with Gasteiger partial charge in [0.25, 0.3) is 0 Å². The molecule has 0 saturated heterocycles. The van der Waals surface area contributed by atoms with Crippen molar-refractivity contribution in [2.45, 2.75) is 19.8 Å². The van der Waals surface area contributed by atoms with Crippen LogP contribution in [0, 0.1) is 0 Å². The molecule has 3 N–H and O–H groups in total. The Balaban J connectivity index is 2.11. The maximum atomic E-state index is 12.1. The molecule has 2 rings (SSSR count). The van der Waals surface area contributed by atoms with Gasteiger partial charge in [0.15, 0.2) is 0 Å². The Morgan fingerprint density at radius 2 is 1.96 bits per heavy atom. The highest BCUT2D eigenvalue weighted by Crippen LogP contribution is 2.26. The van der Waals surface area contributed by atoms with Crippen LogP contribution in [0.5, 0.6) is 0 Å². The molecule has 0 saturated carbocycles. The Hall–Kier alpha value is -2.83. The molecular weight excluding hydrogens is 310 g/mol. The Morgan fingerprint density at radius 1 is 1.21 bits per heavy atom. The van der Waals surface area contributed by atoms with Gasteiger partial charge in [0.05, 0.1) is 17.8 Å². The number of para-hydroxylation sites is 1. The van der Waals surface area contributed by atoms with Crippen LogP contribution in [0.4, 0.5) is 10.5 Å². The number of nitrogens with zero attached hydrogens (tertiary/aromatic N) is 1. The van der Waals surface area contributed by atoms with Crippen LogP contribution in [0.2, 0.25) is 0 Å². The van der Waals surface area contributed by atoms with Crippen molar-refractivity contribution in [1.29, 1.82) is 0 Å². The van der Waals surface area contributed by atoms with E-state index >= 15 is 0 Å². The topological polar surface area (TPSA) is 101 Å². The molecule has 24 heavy (non-hydrogen) atoms. The van der Waals surface area contributed by atoms with E-state index in [-0.39, 0.29) is 0 Å². The summed E-state index contributed by atoms with van der Waals surface area (Å²) in [6.45, 7) is 3.07. The highest BCUT2D eigenvalue weighted by atomic mass is 16.5. The van der Waals surface area contributed by atoms with Crippen molar-refractivity contribution in [2.75, 3.05) is 25.0 Å². The van der Waals surface area contributed by atoms with E-state index in [9.17, 15) is 9.59 Å². The summed E-state index contributed by atoms with van der Waals surface area (Å²) in [7, 11) is 0. The number of unbranched alkanes of at least 4 members (excludes halogenated alkanes) is 1. The third kappa shape index (κ3) is 4.58. The molecule has 0 aliphatic rings. The molecule has 0 bridgehead atoms. The maximum absolute atomic E-state index is 12.1. The zero-order chi connectivity index (χ0) is 17.4. The summed E-state index contributed by atoms with van der Waals surface area (Å²) in [5, 5.41) is 15.0. The van der Waals surface area contributed by atoms with Gasteiger partial charge in [-0.2, -0.15) is 0 Å². The largest absolute Gasteiger partial charge is 0.465 e. The molecule has 1 amide bonds. The zero-order valence-electron chi connectivity index (χ0n) is 13.5. The summed E-state index contributed by atoms with van der Waals surface area (Å²) in [6, 6.07) is 7.56. The number of aromatic nitrogens is 1. The van der Waals surface area contributed by atoms with E-state index in [2.05, 4.69) is 15.6 Å². The molecule has 1 aromatic heterocycles. The molecule has 128 valence electrons. The summed E-state index contributed by atoms with van der Waals surface area (Å²) in [5.41, 5.74) is 1.89. The van der Waals surface area contributed by atoms with Gasteiger partial charge in [-0.05, 0) is 25.8 Å². The number of benzene rings is 1. The molecular formula is C17H21N3O4. The maximum Gasteiger partial charge on any atom is 0.404 e. The monoisotopic (exact) mass is 331 g/mol. The second kappa shape index (κ2) is 8.71. The minimum atomic E-state index is -1.02. The molecule has 0 unspecified atom stereocenters. The number of carboxylic acid groups (broad SMARTS) is 1. The van der Waals surface area contributed by atoms with Crippen LogP contribution in [0.15, 0.2) is 30.5 Å². The van der Waals surface area contributed by atoms with Crippen LogP contribution in [-0.2, 0) is 4.74 Å². The van der Waals surface area contributed by atoms with Gasteiger partial charge in [0, 0.05) is 24.7 Å². The number of esters is 1. The predicted molar refractivity (Wildman–Crippen MR) is 91.5 cm³/mol. The van der Waals surface area contributed by atoms with Crippen molar-refractivity contribution in [2.24, 2.45) is 0 Å². The van der Waals surface area contributed by atoms with E-state index in [1.54, 1.807) is 6.92 Å². The molecule has 0 aliphatic heterocycles. The number of ether oxygens (including phenoxy) is 1. The fourth-order valence-electron chi connectivity index (χ4n) is 2.35. The quantitative estimate of drug-likeness (QED) is 0.508. The number of carbonyl (C=O) groups is 2. The average Bonchev–Trinajstić information content (AvgIpc) is 2.57. The van der Waals surface area contributed by atoms with Crippen LogP contribution < -0.4 is 10.6 Å². The fourth-order valence-corrected chi connectivity index (χ4v) is 2.35. The van der Waals surface area contributed by atoms with E-state index in [4.69, 9.17) is 9.84 Å². The number of rotatable bonds is 8. The second-order valence-corrected chi connectivity index (χ2v) is 5.15. The third-order valence-corrected chi connectivity index (χ3v) is 3.45. The Kier molecular flexibility index (Phi) is 6.36. The first-order valence-corrected chi connectivity index (χ1v) is 7.89. The molecule has 7 nitrogen and oxygen atoms in total. The van der Waals surface area contributed by atoms with Gasteiger partial charge < -0.3 is 20.5 Å². The SMILES string of the molecule is CCOC(=O)c1cnc2ccccc2c1NCCCCNC(=O)O. The van der Waals surface area contributed by atoms with Gasteiger partial charge in [0.2, 0.25) is 0 Å². The Bertz CT molecular complexity index is 718. The van der Waals surface area contributed by atoms with Crippen LogP contribution in [0.1, 0.15) is 30.1 Å². The summed E-state index contributed by atoms with van der Waals surface area (Å²) < 4.78 is 5.09. The minimum Gasteiger partial charge on any atom is -0.465 e. The number of hydrogen-bond donors (Lipinski definition) is 3. The highest BCUT2D eigenvalue weighted by Gasteiger charge is 2.16. The van der Waals surface area contributed by atoms with Crippen LogP contribution >= 0.6 is 0 Å². The first-order valence-electron chi connectivity index (χ1n) is 7.89. The lowest BCUT2D eigenvalue weighted by Gasteiger charge is -2.14. The van der Waals surface area contributed by atoms with E-state index in [0.717, 1.165) is 17.3 Å². The van der Waals surface area contributed by atoms with Crippen LogP contribution in [0.3, 0.4) is 0 Å². The number of amides is 1. The molecule has 0 spiro atoms. The lowest BCUT2D eigenvalue weighted by Crippen LogP contribution is -2.22. The standard InChI is InChI=1S/C17H21N3O4/c1-2-24-16(21)13-11-20-14-8-4-3-7-12(14)15(13)18-9-5-6-10-19-17(22)23/h3-4,7-8,11,19H,2,5-6,9-10H2,1H3,(H,18,20)(H,22,23). The summed E-state index contributed by atoms with van der Waals surface area (Å²) in [4.78, 5) is 26.8. The van der Waals surface area contributed by atoms with Gasteiger partial charge in [-0.15, -0.1) is 0 Å². The summed E-state index contributed by atoms with van der Waals surface area (Å²) in [5.74, 6) is -0.411. The number of anilines is 1. The first-order chi connectivity index (χ1) is 11.6. The number of fused-ring (bicyclic) bond motifs is 1. The number of hydrogen-bond acceptors (Lipinski definition) is 5. The highest BCUT2D eigenvalue weighted by molar-refractivity contribution is 6.04. The summed E-state index contributed by atoms with van der Waals surface area (Å²) >= 11 is 0. The second-order valence-electron chi connectivity index (χ2n) is 5.15. The molecule has 0 atom stereocenters. The smallest absolute Gasteiger partial charge is 0.404 e. The van der Waals surface area contributed by atoms with Gasteiger partial charge in [-0.1, -0.05) is 18.2 Å². The van der Waals surface area contributed by atoms with Crippen molar-refractivity contribution in [1.82, 2.24) is 10.3 Å². The molecule has 0 aliphatic carbocycles. The van der Waals surface area contributed by atoms with Gasteiger partial charge in [-0.3, -0.25) is 4.98 Å². The van der Waals surface area contributed by atoms with E-state index in [0.29, 0.717) is 37.4 Å². The van der Waals surface area contributed by atoms with Crippen molar-refractivity contribution in [3.8, 4) is 0 Å². The molecule has 0 radical (unpaired) electrons. The van der Waals surface area contributed by atoms with E-state index < -0.39 is 12.1 Å². The molecule has 1 heterocycles. The fraction of sp³-hybridized carbons (Fsp3) is 0.353. The lowest BCUT2D eigenvalue weighted by atomic mass is 10.1. The van der Waals surface area contributed by atoms with Crippen molar-refractivity contribution < 1.29 is 19.4 Å². The average molecular weight is 331 g/mol. The number of pyridine rings is 1. The zero-order valence-corrected chi connectivity index (χ0v) is 13.5. The van der Waals surface area contributed by atoms with Crippen LogP contribution in [-0.4, -0.2) is 41.8 Å². The van der Waals surface area contributed by atoms with Crippen molar-refractivity contribution in [3.05, 3.63) is 36.0 Å². The molecule has 2 aromatic rings. The van der Waals surface area contributed by atoms with Gasteiger partial charge in [-0.25, -0.2) is 9.59 Å². The third-order valence-electron chi connectivity index (χ3n) is 3.45. The summed E-state index contributed by atoms with van der Waals surface area (Å²) in [6.07, 6.45) is 1.97. The van der Waals surface area contributed by atoms with Crippen molar-refractivity contribution >= 4 is 28.7 Å². The van der Waals surface area contributed by atoms with E-state index in [1.807, 2.05) is 24.3 Å². The molecule has 1 aromatic carbocycles. The lowest BCUT2D eigenvalue weighted by molar-refractivity contribution is 0.0527. The Labute approximate surface area is 140 Å². The normalized spacial score (nSPS) is 10.4. The number of carbonyl (C=O) groups excluding carboxylic acids is 1. The minimum absolute atomic E-state index is 0.298. The molecule has 0 fully saturated rings. The first kappa shape index (κ1) is 17.5. The van der Waals surface area contributed by atoms with Crippen LogP contribution in [0.25, 0.3) is 10.9 Å². The van der Waals surface area contributed by atoms with Crippen molar-refractivity contribution in [3.63, 3.8) is 0 Å². The van der Waals surface area contributed by atoms with E-state index in [1.165, 1.54) is 6.20 Å². The molecule has 7 heteroatoms. The predicted octanol–water partition coefficient (Wildman–Crippen LogP) is 2.87. The Morgan fingerprint density at radius 3 is 2.71 bits per heavy atom. The van der Waals surface area contributed by atoms with Gasteiger partial charge >= 0.3 is 12.1 Å².